The number of hydrazine groups is 1. The van der Waals surface area contributed by atoms with Crippen LogP contribution in [0.15, 0.2) is 36.4 Å². The summed E-state index contributed by atoms with van der Waals surface area (Å²) >= 11 is 12.2. The van der Waals surface area contributed by atoms with Crippen LogP contribution in [0.2, 0.25) is 4.34 Å². The van der Waals surface area contributed by atoms with Gasteiger partial charge in [0.15, 0.2) is 5.11 Å². The van der Waals surface area contributed by atoms with Gasteiger partial charge in [0.1, 0.15) is 0 Å². The summed E-state index contributed by atoms with van der Waals surface area (Å²) in [4.78, 5) is 12.4. The second kappa shape index (κ2) is 8.86. The average Bonchev–Trinajstić information content (AvgIpc) is 2.98. The van der Waals surface area contributed by atoms with E-state index in [0.29, 0.717) is 14.3 Å². The molecular formula is C16H18ClN3OS2. The summed E-state index contributed by atoms with van der Waals surface area (Å²) < 4.78 is 0.569. The first kappa shape index (κ1) is 17.7. The number of amides is 1. The van der Waals surface area contributed by atoms with Crippen LogP contribution >= 0.6 is 35.2 Å². The molecule has 23 heavy (non-hydrogen) atoms. The number of halogens is 1. The Hall–Kier alpha value is -1.63. The highest BCUT2D eigenvalue weighted by Gasteiger charge is 2.08. The van der Waals surface area contributed by atoms with E-state index >= 15 is 0 Å². The summed E-state index contributed by atoms with van der Waals surface area (Å²) in [7, 11) is 0. The van der Waals surface area contributed by atoms with Crippen molar-refractivity contribution in [3.05, 3.63) is 51.2 Å². The van der Waals surface area contributed by atoms with Gasteiger partial charge in [-0.3, -0.25) is 15.6 Å². The van der Waals surface area contributed by atoms with Gasteiger partial charge in [-0.2, -0.15) is 0 Å². The van der Waals surface area contributed by atoms with Crippen LogP contribution in [0.3, 0.4) is 0 Å². The van der Waals surface area contributed by atoms with Crippen molar-refractivity contribution >= 4 is 51.9 Å². The summed E-state index contributed by atoms with van der Waals surface area (Å²) in [6, 6.07) is 11.4. The largest absolute Gasteiger partial charge is 0.331 e. The lowest BCUT2D eigenvalue weighted by Crippen LogP contribution is -2.43. The molecule has 0 radical (unpaired) electrons. The predicted octanol–water partition coefficient (Wildman–Crippen LogP) is 4.38. The number of carbonyl (C=O) groups is 1. The molecule has 0 saturated heterocycles. The second-order valence-electron chi connectivity index (χ2n) is 4.94. The van der Waals surface area contributed by atoms with Crippen LogP contribution in [0.4, 0.5) is 5.69 Å². The minimum Gasteiger partial charge on any atom is -0.331 e. The van der Waals surface area contributed by atoms with E-state index in [4.69, 9.17) is 23.8 Å². The lowest BCUT2D eigenvalue weighted by Gasteiger charge is -2.11. The molecule has 0 atom stereocenters. The van der Waals surface area contributed by atoms with E-state index in [9.17, 15) is 4.79 Å². The number of hydrogen-bond donors (Lipinski definition) is 3. The van der Waals surface area contributed by atoms with Crippen molar-refractivity contribution in [2.24, 2.45) is 0 Å². The molecule has 1 aromatic carbocycles. The molecule has 1 amide bonds. The summed E-state index contributed by atoms with van der Waals surface area (Å²) in [5.74, 6) is -0.277. The summed E-state index contributed by atoms with van der Waals surface area (Å²) in [5, 5.41) is 3.34. The van der Waals surface area contributed by atoms with E-state index in [1.54, 1.807) is 12.1 Å². The standard InChI is InChI=1S/C16H18ClN3OS2/c1-2-3-4-11-5-7-12(8-6-11)18-16(22)20-19-15(21)13-9-10-14(17)23-13/h5-10H,2-4H2,1H3,(H,19,21)(H2,18,20,22). The molecule has 122 valence electrons. The fraction of sp³-hybridized carbons (Fsp3) is 0.250. The molecule has 0 spiro atoms. The van der Waals surface area contributed by atoms with Gasteiger partial charge in [-0.25, -0.2) is 0 Å². The van der Waals surface area contributed by atoms with Gasteiger partial charge in [-0.15, -0.1) is 11.3 Å². The van der Waals surface area contributed by atoms with Crippen LogP contribution in [0.5, 0.6) is 0 Å². The lowest BCUT2D eigenvalue weighted by molar-refractivity contribution is 0.0948. The Morgan fingerprint density at radius 3 is 2.52 bits per heavy atom. The molecule has 1 heterocycles. The minimum atomic E-state index is -0.277. The van der Waals surface area contributed by atoms with E-state index in [1.165, 1.54) is 29.7 Å². The van der Waals surface area contributed by atoms with Crippen molar-refractivity contribution in [2.75, 3.05) is 5.32 Å². The lowest BCUT2D eigenvalue weighted by atomic mass is 10.1. The Kier molecular flexibility index (Phi) is 6.83. The molecule has 2 aromatic rings. The van der Waals surface area contributed by atoms with Gasteiger partial charge in [-0.1, -0.05) is 37.1 Å². The Morgan fingerprint density at radius 2 is 1.91 bits per heavy atom. The van der Waals surface area contributed by atoms with Crippen LogP contribution in [0.25, 0.3) is 0 Å². The number of anilines is 1. The molecule has 0 saturated carbocycles. The monoisotopic (exact) mass is 367 g/mol. The van der Waals surface area contributed by atoms with Crippen LogP contribution in [0, 0.1) is 0 Å². The molecule has 1 aromatic heterocycles. The highest BCUT2D eigenvalue weighted by Crippen LogP contribution is 2.20. The van der Waals surface area contributed by atoms with E-state index < -0.39 is 0 Å². The van der Waals surface area contributed by atoms with Crippen LogP contribution in [0.1, 0.15) is 35.0 Å². The number of unbranched alkanes of at least 4 members (excludes halogenated alkanes) is 1. The third-order valence-electron chi connectivity index (χ3n) is 3.12. The first-order valence-corrected chi connectivity index (χ1v) is 8.90. The molecule has 0 aliphatic rings. The van der Waals surface area contributed by atoms with E-state index in [1.807, 2.05) is 12.1 Å². The normalized spacial score (nSPS) is 10.2. The van der Waals surface area contributed by atoms with Crippen molar-refractivity contribution in [1.29, 1.82) is 0 Å². The number of benzene rings is 1. The number of nitrogens with one attached hydrogen (secondary N) is 3. The number of hydrogen-bond acceptors (Lipinski definition) is 3. The second-order valence-corrected chi connectivity index (χ2v) is 7.06. The Morgan fingerprint density at radius 1 is 1.17 bits per heavy atom. The van der Waals surface area contributed by atoms with E-state index in [-0.39, 0.29) is 5.91 Å². The minimum absolute atomic E-state index is 0.277. The number of thiophene rings is 1. The quantitative estimate of drug-likeness (QED) is 0.542. The average molecular weight is 368 g/mol. The zero-order valence-corrected chi connectivity index (χ0v) is 15.1. The highest BCUT2D eigenvalue weighted by atomic mass is 35.5. The van der Waals surface area contributed by atoms with E-state index in [2.05, 4.69) is 35.2 Å². The van der Waals surface area contributed by atoms with Gasteiger partial charge in [0.25, 0.3) is 5.91 Å². The molecule has 4 nitrogen and oxygen atoms in total. The first-order valence-electron chi connectivity index (χ1n) is 7.30. The van der Waals surface area contributed by atoms with Crippen molar-refractivity contribution < 1.29 is 4.79 Å². The summed E-state index contributed by atoms with van der Waals surface area (Å²) in [5.41, 5.74) is 7.38. The van der Waals surface area contributed by atoms with Gasteiger partial charge in [0, 0.05) is 5.69 Å². The topological polar surface area (TPSA) is 53.2 Å². The van der Waals surface area contributed by atoms with Crippen molar-refractivity contribution in [2.45, 2.75) is 26.2 Å². The SMILES string of the molecule is CCCCc1ccc(NC(=S)NNC(=O)c2ccc(Cl)s2)cc1. The molecule has 0 fully saturated rings. The molecule has 3 N–H and O–H groups in total. The predicted molar refractivity (Wildman–Crippen MR) is 101 cm³/mol. The number of rotatable bonds is 5. The smallest absolute Gasteiger partial charge is 0.279 e. The zero-order valence-electron chi connectivity index (χ0n) is 12.7. The maximum atomic E-state index is 11.9. The van der Waals surface area contributed by atoms with Crippen LogP contribution in [-0.2, 0) is 6.42 Å². The molecule has 0 aliphatic heterocycles. The molecule has 0 bridgehead atoms. The molecule has 2 rings (SSSR count). The molecular weight excluding hydrogens is 350 g/mol. The summed E-state index contributed by atoms with van der Waals surface area (Å²) in [6.07, 6.45) is 3.45. The third kappa shape index (κ3) is 5.82. The molecule has 0 unspecified atom stereocenters. The van der Waals surface area contributed by atoms with Gasteiger partial charge in [-0.05, 0) is 54.9 Å². The molecule has 0 aliphatic carbocycles. The fourth-order valence-electron chi connectivity index (χ4n) is 1.91. The van der Waals surface area contributed by atoms with Gasteiger partial charge in [0.05, 0.1) is 9.21 Å². The maximum absolute atomic E-state index is 11.9. The third-order valence-corrected chi connectivity index (χ3v) is 4.55. The Labute approximate surface area is 150 Å². The molecule has 7 heteroatoms. The number of thiocarbonyl (C=S) groups is 1. The number of carbonyl (C=O) groups excluding carboxylic acids is 1. The summed E-state index contributed by atoms with van der Waals surface area (Å²) in [6.45, 7) is 2.18. The van der Waals surface area contributed by atoms with Crippen molar-refractivity contribution in [3.8, 4) is 0 Å². The van der Waals surface area contributed by atoms with Gasteiger partial charge in [0.2, 0.25) is 0 Å². The van der Waals surface area contributed by atoms with E-state index in [0.717, 1.165) is 12.1 Å². The Balaban J connectivity index is 1.79. The van der Waals surface area contributed by atoms with Crippen molar-refractivity contribution in [1.82, 2.24) is 10.9 Å². The fourth-order valence-corrected chi connectivity index (χ4v) is 3.02. The van der Waals surface area contributed by atoms with Gasteiger partial charge < -0.3 is 5.32 Å². The van der Waals surface area contributed by atoms with Crippen LogP contribution < -0.4 is 16.2 Å². The first-order chi connectivity index (χ1) is 11.1. The Bertz CT molecular complexity index is 670. The highest BCUT2D eigenvalue weighted by molar-refractivity contribution is 7.80. The zero-order chi connectivity index (χ0) is 16.7. The van der Waals surface area contributed by atoms with Crippen LogP contribution in [-0.4, -0.2) is 11.0 Å². The van der Waals surface area contributed by atoms with Crippen molar-refractivity contribution in [3.63, 3.8) is 0 Å². The van der Waals surface area contributed by atoms with Gasteiger partial charge >= 0.3 is 0 Å². The number of aryl methyl sites for hydroxylation is 1. The maximum Gasteiger partial charge on any atom is 0.279 e.